The van der Waals surface area contributed by atoms with Crippen LogP contribution >= 0.6 is 0 Å². The molecule has 0 saturated carbocycles. The van der Waals surface area contributed by atoms with Gasteiger partial charge in [-0.3, -0.25) is 10.0 Å². The van der Waals surface area contributed by atoms with Gasteiger partial charge >= 0.3 is 0 Å². The summed E-state index contributed by atoms with van der Waals surface area (Å²) in [7, 11) is 0. The van der Waals surface area contributed by atoms with Crippen molar-refractivity contribution in [3.63, 3.8) is 0 Å². The van der Waals surface area contributed by atoms with Gasteiger partial charge in [-0.15, -0.1) is 0 Å². The van der Waals surface area contributed by atoms with Crippen LogP contribution in [0.15, 0.2) is 84.9 Å². The first-order chi connectivity index (χ1) is 14.2. The number of amides is 1. The smallest absolute Gasteiger partial charge is 0.267 e. The number of nitrogens with one attached hydrogen (secondary N) is 1. The Labute approximate surface area is 168 Å². The fourth-order valence-corrected chi connectivity index (χ4v) is 3.38. The number of hydrogen-bond donors (Lipinski definition) is 2. The van der Waals surface area contributed by atoms with Crippen LogP contribution in [0.5, 0.6) is 0 Å². The summed E-state index contributed by atoms with van der Waals surface area (Å²) >= 11 is 0. The maximum Gasteiger partial charge on any atom is 0.267 e. The van der Waals surface area contributed by atoms with E-state index in [1.165, 1.54) is 11.6 Å². The molecule has 0 unspecified atom stereocenters. The van der Waals surface area contributed by atoms with Gasteiger partial charge in [-0.25, -0.2) is 10.5 Å². The Balaban J connectivity index is 1.74. The molecule has 5 nitrogen and oxygen atoms in total. The second-order valence-electron chi connectivity index (χ2n) is 6.75. The van der Waals surface area contributed by atoms with Crippen LogP contribution in [0.3, 0.4) is 0 Å². The maximum absolute atomic E-state index is 11.2. The molecule has 0 radical (unpaired) electrons. The fourth-order valence-electron chi connectivity index (χ4n) is 3.38. The number of aryl methyl sites for hydroxylation is 2. The topological polar surface area (TPSA) is 67.2 Å². The molecule has 0 saturated heterocycles. The molecule has 0 bridgehead atoms. The number of benzene rings is 3. The zero-order valence-corrected chi connectivity index (χ0v) is 15.8. The average Bonchev–Trinajstić information content (AvgIpc) is 3.15. The van der Waals surface area contributed by atoms with Crippen molar-refractivity contribution in [1.82, 2.24) is 15.0 Å². The molecule has 3 aromatic carbocycles. The van der Waals surface area contributed by atoms with Crippen LogP contribution in [0.4, 0.5) is 0 Å². The molecule has 0 fully saturated rings. The molecule has 4 rings (SSSR count). The van der Waals surface area contributed by atoms with Gasteiger partial charge in [0.1, 0.15) is 5.82 Å². The van der Waals surface area contributed by atoms with Gasteiger partial charge in [0.05, 0.1) is 11.0 Å². The number of rotatable bonds is 6. The van der Waals surface area contributed by atoms with E-state index >= 15 is 0 Å². The van der Waals surface area contributed by atoms with Crippen molar-refractivity contribution < 1.29 is 10.0 Å². The number of nitrogens with zero attached hydrogens (tertiary/aromatic N) is 2. The van der Waals surface area contributed by atoms with Gasteiger partial charge in [-0.2, -0.15) is 0 Å². The van der Waals surface area contributed by atoms with E-state index in [1.54, 1.807) is 11.6 Å². The number of aromatic nitrogens is 2. The Bertz CT molecular complexity index is 1150. The zero-order valence-electron chi connectivity index (χ0n) is 15.8. The minimum Gasteiger partial charge on any atom is -0.324 e. The van der Waals surface area contributed by atoms with Crippen molar-refractivity contribution in [3.8, 4) is 11.4 Å². The lowest BCUT2D eigenvalue weighted by molar-refractivity contribution is -0.124. The molecule has 2 N–H and O–H groups in total. The van der Waals surface area contributed by atoms with Crippen LogP contribution in [0.1, 0.15) is 11.1 Å². The third-order valence-corrected chi connectivity index (χ3v) is 4.81. The highest BCUT2D eigenvalue weighted by Crippen LogP contribution is 2.26. The molecule has 1 amide bonds. The van der Waals surface area contributed by atoms with Crippen LogP contribution in [-0.4, -0.2) is 20.7 Å². The van der Waals surface area contributed by atoms with Gasteiger partial charge in [0.15, 0.2) is 0 Å². The summed E-state index contributed by atoms with van der Waals surface area (Å²) in [4.78, 5) is 16.1. The van der Waals surface area contributed by atoms with Gasteiger partial charge in [0, 0.05) is 18.2 Å². The number of hydrogen-bond acceptors (Lipinski definition) is 3. The molecule has 0 spiro atoms. The van der Waals surface area contributed by atoms with Crippen LogP contribution in [-0.2, 0) is 17.8 Å². The van der Waals surface area contributed by atoms with Crippen molar-refractivity contribution >= 4 is 23.0 Å². The number of carbonyl (C=O) groups is 1. The molecule has 144 valence electrons. The van der Waals surface area contributed by atoms with Gasteiger partial charge in [0.2, 0.25) is 0 Å². The van der Waals surface area contributed by atoms with Crippen molar-refractivity contribution in [2.24, 2.45) is 0 Å². The van der Waals surface area contributed by atoms with Gasteiger partial charge in [0.25, 0.3) is 5.91 Å². The molecule has 29 heavy (non-hydrogen) atoms. The van der Waals surface area contributed by atoms with E-state index in [-0.39, 0.29) is 0 Å². The van der Waals surface area contributed by atoms with E-state index in [2.05, 4.69) is 41.0 Å². The van der Waals surface area contributed by atoms with Gasteiger partial charge < -0.3 is 4.57 Å². The van der Waals surface area contributed by atoms with Crippen molar-refractivity contribution in [2.75, 3.05) is 0 Å². The Morgan fingerprint density at radius 2 is 1.72 bits per heavy atom. The number of fused-ring (bicyclic) bond motifs is 1. The predicted molar refractivity (Wildman–Crippen MR) is 114 cm³/mol. The highest BCUT2D eigenvalue weighted by molar-refractivity contribution is 5.91. The lowest BCUT2D eigenvalue weighted by Gasteiger charge is -2.10. The second kappa shape index (κ2) is 8.54. The van der Waals surface area contributed by atoms with Crippen molar-refractivity contribution in [1.29, 1.82) is 0 Å². The lowest BCUT2D eigenvalue weighted by atomic mass is 10.1. The highest BCUT2D eigenvalue weighted by Gasteiger charge is 2.13. The number of carbonyl (C=O) groups excluding carboxylic acids is 1. The molecular formula is C24H21N3O2. The monoisotopic (exact) mass is 383 g/mol. The van der Waals surface area contributed by atoms with E-state index < -0.39 is 5.91 Å². The Kier molecular flexibility index (Phi) is 5.49. The predicted octanol–water partition coefficient (Wildman–Crippen LogP) is 4.46. The van der Waals surface area contributed by atoms with Crippen molar-refractivity contribution in [3.05, 3.63) is 96.1 Å². The molecule has 4 aromatic rings. The van der Waals surface area contributed by atoms with Gasteiger partial charge in [-0.1, -0.05) is 66.7 Å². The maximum atomic E-state index is 11.2. The molecule has 1 aromatic heterocycles. The quantitative estimate of drug-likeness (QED) is 0.293. The standard InChI is InChI=1S/C24H21N3O2/c28-23(26-29)14-12-19-11-13-22-21(17-19)25-24(20-9-5-2-6-10-20)27(22)16-15-18-7-3-1-4-8-18/h1-14,17,29H,15-16H2,(H,26,28). The molecular weight excluding hydrogens is 362 g/mol. The van der Waals surface area contributed by atoms with E-state index in [0.717, 1.165) is 41.0 Å². The van der Waals surface area contributed by atoms with Crippen LogP contribution < -0.4 is 5.48 Å². The molecule has 1 heterocycles. The van der Waals surface area contributed by atoms with E-state index in [1.807, 2.05) is 42.5 Å². The van der Waals surface area contributed by atoms with Crippen LogP contribution in [0.25, 0.3) is 28.5 Å². The Hall–Kier alpha value is -3.70. The average molecular weight is 383 g/mol. The Morgan fingerprint density at radius 3 is 2.45 bits per heavy atom. The van der Waals surface area contributed by atoms with E-state index in [9.17, 15) is 4.79 Å². The normalized spacial score (nSPS) is 11.2. The van der Waals surface area contributed by atoms with Crippen molar-refractivity contribution in [2.45, 2.75) is 13.0 Å². The first-order valence-corrected chi connectivity index (χ1v) is 9.46. The third-order valence-electron chi connectivity index (χ3n) is 4.81. The Morgan fingerprint density at radius 1 is 1.00 bits per heavy atom. The molecule has 0 aliphatic carbocycles. The molecule has 5 heteroatoms. The summed E-state index contributed by atoms with van der Waals surface area (Å²) in [5, 5.41) is 8.64. The minimum absolute atomic E-state index is 0.566. The second-order valence-corrected chi connectivity index (χ2v) is 6.75. The summed E-state index contributed by atoms with van der Waals surface area (Å²) in [6.45, 7) is 0.812. The first kappa shape index (κ1) is 18.7. The fraction of sp³-hybridized carbons (Fsp3) is 0.0833. The third kappa shape index (κ3) is 4.25. The summed E-state index contributed by atoms with van der Waals surface area (Å²) in [6.07, 6.45) is 3.84. The van der Waals surface area contributed by atoms with Crippen LogP contribution in [0, 0.1) is 0 Å². The molecule has 0 aliphatic heterocycles. The number of imidazole rings is 1. The van der Waals surface area contributed by atoms with Gasteiger partial charge in [-0.05, 0) is 35.8 Å². The zero-order chi connectivity index (χ0) is 20.1. The summed E-state index contributed by atoms with van der Waals surface area (Å²) in [6, 6.07) is 26.5. The molecule has 0 atom stereocenters. The summed E-state index contributed by atoms with van der Waals surface area (Å²) < 4.78 is 2.24. The van der Waals surface area contributed by atoms with E-state index in [4.69, 9.17) is 10.2 Å². The highest BCUT2D eigenvalue weighted by atomic mass is 16.5. The summed E-state index contributed by atoms with van der Waals surface area (Å²) in [5.41, 5.74) is 6.69. The lowest BCUT2D eigenvalue weighted by Crippen LogP contribution is -2.14. The first-order valence-electron chi connectivity index (χ1n) is 9.46. The SMILES string of the molecule is O=C(C=Cc1ccc2c(c1)nc(-c1ccccc1)n2CCc1ccccc1)NO. The van der Waals surface area contributed by atoms with Crippen LogP contribution in [0.2, 0.25) is 0 Å². The number of hydroxylamine groups is 1. The minimum atomic E-state index is -0.566. The summed E-state index contributed by atoms with van der Waals surface area (Å²) in [5.74, 6) is 0.356. The largest absolute Gasteiger partial charge is 0.324 e. The van der Waals surface area contributed by atoms with E-state index in [0.29, 0.717) is 0 Å². The molecule has 0 aliphatic rings.